The minimum absolute atomic E-state index is 0.00663. The molecule has 0 spiro atoms. The Labute approximate surface area is 242 Å². The monoisotopic (exact) mass is 620 g/mol. The Morgan fingerprint density at radius 2 is 1.63 bits per heavy atom. The van der Waals surface area contributed by atoms with Gasteiger partial charge >= 0.3 is 0 Å². The van der Waals surface area contributed by atoms with Gasteiger partial charge in [0, 0.05) is 12.3 Å². The van der Waals surface area contributed by atoms with Crippen molar-refractivity contribution >= 4 is 17.1 Å². The molecule has 0 aliphatic carbocycles. The molecular formula is C25H32F4N6O8. The lowest BCUT2D eigenvalue weighted by Gasteiger charge is -2.36. The van der Waals surface area contributed by atoms with Crippen molar-refractivity contribution in [3.05, 3.63) is 36.8 Å². The number of hydrogen-bond acceptors (Lipinski definition) is 12. The lowest BCUT2D eigenvalue weighted by Crippen LogP contribution is -2.53. The molecule has 2 aromatic rings. The fraction of sp³-hybridized carbons (Fsp3) is 0.600. The van der Waals surface area contributed by atoms with Crippen LogP contribution in [0.4, 0.5) is 17.6 Å². The van der Waals surface area contributed by atoms with Crippen molar-refractivity contribution in [3.63, 3.8) is 0 Å². The van der Waals surface area contributed by atoms with E-state index in [1.807, 2.05) is 0 Å². The third kappa shape index (κ3) is 5.42. The molecule has 238 valence electrons. The summed E-state index contributed by atoms with van der Waals surface area (Å²) in [4.78, 5) is 24.6. The summed E-state index contributed by atoms with van der Waals surface area (Å²) in [5, 5.41) is 40.7. The van der Waals surface area contributed by atoms with Gasteiger partial charge in [-0.15, -0.1) is 0 Å². The average Bonchev–Trinajstić information content (AvgIpc) is 3.50. The number of hydrogen-bond donors (Lipinski definition) is 5. The fourth-order valence-electron chi connectivity index (χ4n) is 4.87. The van der Waals surface area contributed by atoms with Crippen molar-refractivity contribution in [2.45, 2.75) is 75.4 Å². The summed E-state index contributed by atoms with van der Waals surface area (Å²) in [7, 11) is 0. The smallest absolute Gasteiger partial charge is 0.268 e. The molecule has 5 rings (SSSR count). The van der Waals surface area contributed by atoms with Gasteiger partial charge < -0.3 is 44.9 Å². The summed E-state index contributed by atoms with van der Waals surface area (Å²) in [6, 6.07) is 0. The van der Waals surface area contributed by atoms with E-state index >= 15 is 0 Å². The number of fused-ring (bicyclic) bond motifs is 1. The van der Waals surface area contributed by atoms with Gasteiger partial charge in [-0.2, -0.15) is 4.98 Å². The summed E-state index contributed by atoms with van der Waals surface area (Å²) < 4.78 is 72.9. The highest BCUT2D eigenvalue weighted by molar-refractivity contribution is 5.89. The van der Waals surface area contributed by atoms with Crippen LogP contribution in [0.2, 0.25) is 0 Å². The molecule has 2 saturated heterocycles. The van der Waals surface area contributed by atoms with Crippen LogP contribution in [-0.2, 0) is 14.3 Å². The predicted octanol–water partition coefficient (Wildman–Crippen LogP) is 0.316. The van der Waals surface area contributed by atoms with E-state index in [9.17, 15) is 32.6 Å². The number of rotatable bonds is 6. The molecule has 2 aromatic heterocycles. The van der Waals surface area contributed by atoms with Gasteiger partial charge in [-0.3, -0.25) is 9.36 Å². The van der Waals surface area contributed by atoms with Gasteiger partial charge in [-0.05, 0) is 27.7 Å². The minimum atomic E-state index is -3.02. The normalized spacial score (nSPS) is 37.4. The number of carbonyl (C=O) groups is 1. The molecule has 2 fully saturated rings. The Morgan fingerprint density at radius 1 is 1.07 bits per heavy atom. The van der Waals surface area contributed by atoms with Crippen LogP contribution in [0.25, 0.3) is 11.2 Å². The van der Waals surface area contributed by atoms with E-state index in [-0.39, 0.29) is 22.9 Å². The molecule has 0 radical (unpaired) electrons. The number of ether oxygens (including phenoxy) is 3. The summed E-state index contributed by atoms with van der Waals surface area (Å²) in [5.74, 6) is -5.89. The highest BCUT2D eigenvalue weighted by Crippen LogP contribution is 2.48. The summed E-state index contributed by atoms with van der Waals surface area (Å²) in [5.41, 5.74) is -3.99. The van der Waals surface area contributed by atoms with Crippen LogP contribution in [-0.4, -0.2) is 112 Å². The molecule has 5 N–H and O–H groups in total. The number of halogens is 4. The molecule has 43 heavy (non-hydrogen) atoms. The maximum absolute atomic E-state index is 14.4. The number of carbonyl (C=O) groups excluding carboxylic acids is 1. The van der Waals surface area contributed by atoms with Crippen molar-refractivity contribution in [3.8, 4) is 5.88 Å². The number of alkyl halides is 4. The van der Waals surface area contributed by atoms with Crippen molar-refractivity contribution in [1.29, 1.82) is 0 Å². The van der Waals surface area contributed by atoms with E-state index in [1.54, 1.807) is 13.8 Å². The van der Waals surface area contributed by atoms with Crippen molar-refractivity contribution in [2.24, 2.45) is 0 Å². The lowest BCUT2D eigenvalue weighted by atomic mass is 9.96. The topological polar surface area (TPSA) is 185 Å². The van der Waals surface area contributed by atoms with E-state index in [0.29, 0.717) is 12.4 Å². The zero-order valence-electron chi connectivity index (χ0n) is 23.5. The second kappa shape index (κ2) is 11.3. The van der Waals surface area contributed by atoms with Crippen LogP contribution in [0, 0.1) is 6.92 Å². The van der Waals surface area contributed by atoms with Crippen LogP contribution < -0.4 is 10.1 Å². The maximum Gasteiger partial charge on any atom is 0.268 e. The minimum Gasteiger partial charge on any atom is -0.476 e. The maximum atomic E-state index is 14.4. The fourth-order valence-corrected chi connectivity index (χ4v) is 4.87. The number of nitrogens with one attached hydrogen (secondary N) is 1. The van der Waals surface area contributed by atoms with Crippen LogP contribution in [0.3, 0.4) is 0 Å². The summed E-state index contributed by atoms with van der Waals surface area (Å²) >= 11 is 0. The van der Waals surface area contributed by atoms with Gasteiger partial charge in [0.05, 0.1) is 12.9 Å². The Hall–Kier alpha value is -3.42. The molecule has 0 saturated carbocycles. The van der Waals surface area contributed by atoms with E-state index in [0.717, 1.165) is 24.8 Å². The van der Waals surface area contributed by atoms with Gasteiger partial charge in [-0.1, -0.05) is 6.58 Å². The second-order valence-corrected chi connectivity index (χ2v) is 10.5. The molecule has 18 heteroatoms. The van der Waals surface area contributed by atoms with Crippen LogP contribution in [0.1, 0.15) is 32.8 Å². The van der Waals surface area contributed by atoms with Crippen LogP contribution in [0.15, 0.2) is 31.0 Å². The Kier molecular flexibility index (Phi) is 8.50. The largest absolute Gasteiger partial charge is 0.476 e. The first-order valence-corrected chi connectivity index (χ1v) is 12.9. The Bertz CT molecular complexity index is 1430. The van der Waals surface area contributed by atoms with Crippen molar-refractivity contribution in [2.75, 3.05) is 19.8 Å². The first kappa shape index (κ1) is 32.5. The van der Waals surface area contributed by atoms with Gasteiger partial charge in [0.2, 0.25) is 5.88 Å². The molecule has 3 aliphatic heterocycles. The quantitative estimate of drug-likeness (QED) is 0.279. The average molecular weight is 621 g/mol. The Morgan fingerprint density at radius 3 is 2.14 bits per heavy atom. The zero-order chi connectivity index (χ0) is 32.1. The van der Waals surface area contributed by atoms with Gasteiger partial charge in [-0.25, -0.2) is 27.5 Å². The van der Waals surface area contributed by atoms with Gasteiger partial charge in [0.25, 0.3) is 17.6 Å². The highest BCUT2D eigenvalue weighted by Gasteiger charge is 2.65. The first-order chi connectivity index (χ1) is 20.0. The predicted molar refractivity (Wildman–Crippen MR) is 137 cm³/mol. The third-order valence-electron chi connectivity index (χ3n) is 7.08. The number of aryl methyl sites for hydroxylation is 1. The molecule has 5 heterocycles. The molecule has 14 nitrogen and oxygen atoms in total. The van der Waals surface area contributed by atoms with E-state index in [2.05, 4.69) is 26.8 Å². The molecule has 1 amide bonds. The number of aromatic nitrogens is 4. The van der Waals surface area contributed by atoms with Crippen molar-refractivity contribution in [1.82, 2.24) is 29.7 Å². The van der Waals surface area contributed by atoms with E-state index < -0.39 is 66.8 Å². The number of aliphatic hydroxyl groups is 4. The second-order valence-electron chi connectivity index (χ2n) is 10.5. The van der Waals surface area contributed by atoms with Crippen molar-refractivity contribution < 1.29 is 57.0 Å². The van der Waals surface area contributed by atoms with Gasteiger partial charge in [0.1, 0.15) is 36.1 Å². The number of nitrogens with zero attached hydrogens (tertiary/aromatic N) is 5. The molecule has 8 atom stereocenters. The van der Waals surface area contributed by atoms with E-state index in [4.69, 9.17) is 24.4 Å². The molecular weight excluding hydrogens is 588 g/mol. The zero-order valence-corrected chi connectivity index (χ0v) is 23.5. The standard InChI is InChI=1S/C14H18F2N4O4.C11H14F2N2O4/c1-4-23-10-8-9(18-7(2)19-10)20(6-17-8)12-13(3,22)11(15)14(16,5-21)24-12;1-6-14-7(17)3-4-15(6)9-10(2,18)8(12)11(13,5-16)19-9/h6,11-12,21-22H,4-5H2,1-3H3;3-4,8-9,16,18H,1,5H2,2H3,(H,14,17)/t11-,12+,13+,14+;8-,9+,10+,11+/m00/s1. The first-order valence-electron chi connectivity index (χ1n) is 12.9. The Balaban J connectivity index is 0.000000203. The molecule has 0 aromatic carbocycles. The summed E-state index contributed by atoms with van der Waals surface area (Å²) in [6.45, 7) is 6.90. The number of imidazole rings is 1. The molecule has 3 aliphatic rings. The lowest BCUT2D eigenvalue weighted by molar-refractivity contribution is -0.201. The molecule has 0 unspecified atom stereocenters. The van der Waals surface area contributed by atoms with Crippen LogP contribution in [0.5, 0.6) is 5.88 Å². The third-order valence-corrected chi connectivity index (χ3v) is 7.08. The van der Waals surface area contributed by atoms with E-state index in [1.165, 1.54) is 17.1 Å². The summed E-state index contributed by atoms with van der Waals surface area (Å²) in [6.07, 6.45) is -4.33. The highest BCUT2D eigenvalue weighted by atomic mass is 19.2. The number of aliphatic hydroxyl groups excluding tert-OH is 2. The van der Waals surface area contributed by atoms with Gasteiger partial charge in [0.15, 0.2) is 36.0 Å². The number of amides is 1. The molecule has 0 bridgehead atoms. The van der Waals surface area contributed by atoms with Crippen LogP contribution >= 0.6 is 0 Å². The SMILES string of the molecule is C=C1NC(=O)C=CN1[C@@H]1O[C@](F)(CO)[C@@H](F)[C@@]1(C)O.CCOc1nc(C)nc2c1ncn2[C@@H]1O[C@](F)(CO)[C@@H](F)[C@@]1(C)O.